The van der Waals surface area contributed by atoms with Crippen LogP contribution in [0.5, 0.6) is 0 Å². The van der Waals surface area contributed by atoms with Crippen LogP contribution in [0.1, 0.15) is 341 Å². The molecule has 0 aliphatic rings. The molecule has 0 aromatic heterocycles. The Kier molecular flexibility index (Phi) is 58.4. The van der Waals surface area contributed by atoms with Gasteiger partial charge in [-0.1, -0.05) is 326 Å². The van der Waals surface area contributed by atoms with Gasteiger partial charge in [-0.3, -0.25) is 9.36 Å². The lowest BCUT2D eigenvalue weighted by Gasteiger charge is -2.29. The lowest BCUT2D eigenvalue weighted by Crippen LogP contribution is -2.45. The summed E-state index contributed by atoms with van der Waals surface area (Å²) in [6, 6.07) is -0.908. The minimum absolute atomic E-state index is 0.00739. The van der Waals surface area contributed by atoms with E-state index in [-0.39, 0.29) is 12.5 Å². The van der Waals surface area contributed by atoms with Crippen LogP contribution in [0.4, 0.5) is 0 Å². The minimum Gasteiger partial charge on any atom is -0.756 e. The van der Waals surface area contributed by atoms with Crippen molar-refractivity contribution in [1.29, 1.82) is 0 Å². The summed E-state index contributed by atoms with van der Waals surface area (Å²) >= 11 is 0. The second-order valence-electron chi connectivity index (χ2n) is 24.5. The summed E-state index contributed by atoms with van der Waals surface area (Å²) in [5, 5.41) is 13.9. The van der Waals surface area contributed by atoms with E-state index in [0.717, 1.165) is 44.9 Å². The Bertz CT molecular complexity index is 1350. The van der Waals surface area contributed by atoms with Gasteiger partial charge in [0.2, 0.25) is 5.91 Å². The van der Waals surface area contributed by atoms with Crippen molar-refractivity contribution in [1.82, 2.24) is 5.32 Å². The molecule has 0 aliphatic heterocycles. The van der Waals surface area contributed by atoms with E-state index in [1.807, 2.05) is 27.2 Å². The molecule has 77 heavy (non-hydrogen) atoms. The molecule has 456 valence electrons. The molecular weight excluding hydrogens is 972 g/mol. The Morgan fingerprint density at radius 3 is 1.05 bits per heavy atom. The number of nitrogens with zero attached hydrogens (tertiary/aromatic N) is 1. The minimum atomic E-state index is -4.61. The Balaban J connectivity index is 3.90. The fourth-order valence-corrected chi connectivity index (χ4v) is 11.0. The van der Waals surface area contributed by atoms with Crippen LogP contribution in [0.15, 0.2) is 36.5 Å². The molecular formula is C68H133N2O6P. The average Bonchev–Trinajstić information content (AvgIpc) is 3.39. The number of quaternary nitrogens is 1. The molecule has 0 aromatic carbocycles. The highest BCUT2D eigenvalue weighted by Crippen LogP contribution is 2.38. The number of rotatable bonds is 63. The smallest absolute Gasteiger partial charge is 0.268 e. The van der Waals surface area contributed by atoms with Gasteiger partial charge in [0, 0.05) is 6.42 Å². The molecule has 0 aromatic rings. The van der Waals surface area contributed by atoms with Gasteiger partial charge in [-0.2, -0.15) is 0 Å². The van der Waals surface area contributed by atoms with E-state index in [0.29, 0.717) is 17.4 Å². The summed E-state index contributed by atoms with van der Waals surface area (Å²) in [5.41, 5.74) is 0. The highest BCUT2D eigenvalue weighted by Gasteiger charge is 2.23. The van der Waals surface area contributed by atoms with Crippen molar-refractivity contribution in [2.24, 2.45) is 0 Å². The van der Waals surface area contributed by atoms with Crippen molar-refractivity contribution in [3.8, 4) is 0 Å². The number of aliphatic hydroxyl groups is 1. The maximum Gasteiger partial charge on any atom is 0.268 e. The third-order valence-corrected chi connectivity index (χ3v) is 16.5. The van der Waals surface area contributed by atoms with Crippen molar-refractivity contribution in [2.75, 3.05) is 40.9 Å². The highest BCUT2D eigenvalue weighted by atomic mass is 31.2. The van der Waals surface area contributed by atoms with Gasteiger partial charge in [0.05, 0.1) is 39.9 Å². The standard InChI is InChI=1S/C68H133N2O6P/c1-6-8-10-12-14-16-18-20-22-24-25-26-27-28-29-30-31-32-33-34-35-36-37-38-39-40-41-42-43-44-45-46-48-50-52-54-56-58-60-62-68(72)69-66(65-76-77(73,74)75-64-63-70(3,4)5)67(71)61-59-57-55-53-51-49-47-23-21-19-17-15-13-11-9-7-2/h21,23,51,53,59,61,66-67,71H,6-20,22,24-50,52,54-58,60,62-65H2,1-5H3,(H-,69,72,73,74)/b23-21+,53-51+,61-59+. The van der Waals surface area contributed by atoms with Crippen LogP contribution in [-0.4, -0.2) is 68.5 Å². The van der Waals surface area contributed by atoms with Gasteiger partial charge < -0.3 is 28.8 Å². The third kappa shape index (κ3) is 62.2. The molecule has 8 nitrogen and oxygen atoms in total. The number of phosphoric acid groups is 1. The van der Waals surface area contributed by atoms with Crippen molar-refractivity contribution in [3.05, 3.63) is 36.5 Å². The second kappa shape index (κ2) is 59.3. The molecule has 0 heterocycles. The zero-order valence-electron chi connectivity index (χ0n) is 52.2. The monoisotopic (exact) mass is 1100 g/mol. The van der Waals surface area contributed by atoms with E-state index in [1.165, 1.54) is 276 Å². The average molecular weight is 1110 g/mol. The predicted octanol–water partition coefficient (Wildman–Crippen LogP) is 20.6. The quantitative estimate of drug-likeness (QED) is 0.0272. The summed E-state index contributed by atoms with van der Waals surface area (Å²) in [4.78, 5) is 25.5. The van der Waals surface area contributed by atoms with Crippen LogP contribution >= 0.6 is 7.82 Å². The first-order valence-electron chi connectivity index (χ1n) is 33.9. The van der Waals surface area contributed by atoms with E-state index >= 15 is 0 Å². The molecule has 3 atom stereocenters. The van der Waals surface area contributed by atoms with Gasteiger partial charge in [-0.15, -0.1) is 0 Å². The fraction of sp³-hybridized carbons (Fsp3) is 0.897. The zero-order chi connectivity index (χ0) is 56.3. The van der Waals surface area contributed by atoms with Gasteiger partial charge in [-0.25, -0.2) is 0 Å². The normalized spacial score (nSPS) is 13.9. The molecule has 0 saturated carbocycles. The summed E-state index contributed by atoms with van der Waals surface area (Å²) in [6.07, 6.45) is 78.6. The molecule has 0 saturated heterocycles. The number of likely N-dealkylation sites (N-methyl/N-ethyl adjacent to an activating group) is 1. The number of allylic oxidation sites excluding steroid dienone is 5. The summed E-state index contributed by atoms with van der Waals surface area (Å²) in [5.74, 6) is -0.205. The van der Waals surface area contributed by atoms with Gasteiger partial charge in [0.1, 0.15) is 13.2 Å². The number of carbonyl (C=O) groups is 1. The topological polar surface area (TPSA) is 108 Å². The Morgan fingerprint density at radius 2 is 0.727 bits per heavy atom. The third-order valence-electron chi connectivity index (χ3n) is 15.6. The molecule has 0 bridgehead atoms. The molecule has 0 rings (SSSR count). The second-order valence-corrected chi connectivity index (χ2v) is 25.9. The van der Waals surface area contributed by atoms with Gasteiger partial charge in [-0.05, 0) is 44.9 Å². The summed E-state index contributed by atoms with van der Waals surface area (Å²) < 4.78 is 23.3. The fourth-order valence-electron chi connectivity index (χ4n) is 10.3. The molecule has 0 aliphatic carbocycles. The largest absolute Gasteiger partial charge is 0.756 e. The first-order chi connectivity index (χ1) is 37.5. The summed E-state index contributed by atoms with van der Waals surface area (Å²) in [6.45, 7) is 4.65. The molecule has 2 N–H and O–H groups in total. The van der Waals surface area contributed by atoms with Gasteiger partial charge >= 0.3 is 0 Å². The van der Waals surface area contributed by atoms with Gasteiger partial charge in [0.25, 0.3) is 7.82 Å². The van der Waals surface area contributed by atoms with Crippen molar-refractivity contribution in [2.45, 2.75) is 353 Å². The number of unbranched alkanes of at least 4 members (excludes halogenated alkanes) is 46. The lowest BCUT2D eigenvalue weighted by atomic mass is 10.0. The molecule has 0 radical (unpaired) electrons. The maximum atomic E-state index is 13.0. The van der Waals surface area contributed by atoms with Crippen LogP contribution in [-0.2, 0) is 18.4 Å². The maximum absolute atomic E-state index is 13.0. The van der Waals surface area contributed by atoms with Crippen LogP contribution in [0.25, 0.3) is 0 Å². The van der Waals surface area contributed by atoms with E-state index in [2.05, 4.69) is 43.5 Å². The first kappa shape index (κ1) is 75.7. The number of phosphoric ester groups is 1. The van der Waals surface area contributed by atoms with Crippen molar-refractivity contribution >= 4 is 13.7 Å². The molecule has 0 fully saturated rings. The van der Waals surface area contributed by atoms with Crippen LogP contribution in [0.3, 0.4) is 0 Å². The van der Waals surface area contributed by atoms with Gasteiger partial charge in [0.15, 0.2) is 0 Å². The predicted molar refractivity (Wildman–Crippen MR) is 335 cm³/mol. The first-order valence-corrected chi connectivity index (χ1v) is 35.3. The van der Waals surface area contributed by atoms with E-state index in [1.54, 1.807) is 6.08 Å². The van der Waals surface area contributed by atoms with E-state index in [9.17, 15) is 19.4 Å². The zero-order valence-corrected chi connectivity index (χ0v) is 53.1. The van der Waals surface area contributed by atoms with Crippen molar-refractivity contribution in [3.63, 3.8) is 0 Å². The molecule has 0 spiro atoms. The molecule has 1 amide bonds. The molecule has 9 heteroatoms. The Morgan fingerprint density at radius 1 is 0.442 bits per heavy atom. The van der Waals surface area contributed by atoms with Crippen LogP contribution in [0.2, 0.25) is 0 Å². The lowest BCUT2D eigenvalue weighted by molar-refractivity contribution is -0.870. The van der Waals surface area contributed by atoms with E-state index < -0.39 is 26.6 Å². The number of hydrogen-bond donors (Lipinski definition) is 2. The Hall–Kier alpha value is -1.28. The number of aliphatic hydroxyl groups excluding tert-OH is 1. The number of hydrogen-bond acceptors (Lipinski definition) is 6. The summed E-state index contributed by atoms with van der Waals surface area (Å²) in [7, 11) is 1.25. The SMILES string of the molecule is CCCCCCCC/C=C/CC/C=C/CC/C=C/C(O)C(COP(=O)([O-])OCC[N+](C)(C)C)NC(=O)CCCCCCCCCCCCCCCCCCCCCCCCCCCCCCCCCCCCCCCCC. The molecule has 3 unspecified atom stereocenters. The highest BCUT2D eigenvalue weighted by molar-refractivity contribution is 7.45. The van der Waals surface area contributed by atoms with Crippen molar-refractivity contribution < 1.29 is 32.9 Å². The number of amides is 1. The van der Waals surface area contributed by atoms with Crippen LogP contribution < -0.4 is 10.2 Å². The Labute approximate surface area is 480 Å². The number of nitrogens with one attached hydrogen (secondary N) is 1. The van der Waals surface area contributed by atoms with Crippen LogP contribution in [0, 0.1) is 0 Å². The number of carbonyl (C=O) groups excluding carboxylic acids is 1. The van der Waals surface area contributed by atoms with E-state index in [4.69, 9.17) is 9.05 Å².